The molecule has 1 saturated heterocycles. The summed E-state index contributed by atoms with van der Waals surface area (Å²) in [5.74, 6) is 1.76. The number of aliphatic imine (C=N–C) groups is 2. The van der Waals surface area contributed by atoms with Crippen molar-refractivity contribution < 1.29 is 4.74 Å². The molecule has 2 N–H and O–H groups in total. The zero-order valence-electron chi connectivity index (χ0n) is 14.1. The van der Waals surface area contributed by atoms with E-state index in [9.17, 15) is 0 Å². The molecule has 3 rings (SSSR count). The number of amidine groups is 1. The van der Waals surface area contributed by atoms with Crippen molar-refractivity contribution in [3.63, 3.8) is 0 Å². The van der Waals surface area contributed by atoms with Crippen LogP contribution >= 0.6 is 0 Å². The van der Waals surface area contributed by atoms with Crippen LogP contribution in [0.1, 0.15) is 24.8 Å². The normalized spacial score (nSPS) is 24.6. The first-order valence-electron chi connectivity index (χ1n) is 8.79. The SMILES string of the molecule is C1=NC(Cc2ccccc2)=N/C(NC2CCOC2)=C/CCNCC1. The molecule has 24 heavy (non-hydrogen) atoms. The fourth-order valence-corrected chi connectivity index (χ4v) is 2.80. The third kappa shape index (κ3) is 5.58. The van der Waals surface area contributed by atoms with E-state index < -0.39 is 0 Å². The van der Waals surface area contributed by atoms with Crippen molar-refractivity contribution in [2.75, 3.05) is 26.3 Å². The van der Waals surface area contributed by atoms with Crippen molar-refractivity contribution in [1.82, 2.24) is 10.6 Å². The molecule has 5 heteroatoms. The molecule has 1 aromatic rings. The molecule has 2 heterocycles. The molecule has 1 unspecified atom stereocenters. The van der Waals surface area contributed by atoms with E-state index in [-0.39, 0.29) is 0 Å². The number of hydrogen-bond donors (Lipinski definition) is 2. The summed E-state index contributed by atoms with van der Waals surface area (Å²) in [7, 11) is 0. The summed E-state index contributed by atoms with van der Waals surface area (Å²) in [4.78, 5) is 9.44. The molecule has 1 aromatic carbocycles. The average Bonchev–Trinajstić information content (AvgIpc) is 3.09. The van der Waals surface area contributed by atoms with Gasteiger partial charge in [-0.3, -0.25) is 0 Å². The zero-order valence-corrected chi connectivity index (χ0v) is 14.1. The summed E-state index contributed by atoms with van der Waals surface area (Å²) in [6, 6.07) is 10.7. The molecule has 0 radical (unpaired) electrons. The summed E-state index contributed by atoms with van der Waals surface area (Å²) in [5, 5.41) is 6.94. The standard InChI is InChI=1S/C19H26N4O/c1-2-6-16(7-3-1)14-19-21-12-5-11-20-10-4-8-18(23-19)22-17-9-13-24-15-17/h1-3,6-8,12,17,20,22H,4-5,9-11,13-15H2/b18-8+,21-12?,23-19?. The van der Waals surface area contributed by atoms with Crippen LogP contribution in [0.25, 0.3) is 0 Å². The maximum Gasteiger partial charge on any atom is 0.134 e. The number of rotatable bonds is 4. The summed E-state index contributed by atoms with van der Waals surface area (Å²) >= 11 is 0. The van der Waals surface area contributed by atoms with E-state index in [1.54, 1.807) is 0 Å². The second-order valence-electron chi connectivity index (χ2n) is 6.12. The Hall–Kier alpha value is -1.98. The molecule has 2 aliphatic heterocycles. The summed E-state index contributed by atoms with van der Waals surface area (Å²) < 4.78 is 5.46. The van der Waals surface area contributed by atoms with Crippen molar-refractivity contribution in [3.8, 4) is 0 Å². The summed E-state index contributed by atoms with van der Waals surface area (Å²) in [5.41, 5.74) is 1.23. The Bertz CT molecular complexity index is 589. The first-order chi connectivity index (χ1) is 11.9. The van der Waals surface area contributed by atoms with Crippen molar-refractivity contribution in [2.45, 2.75) is 31.7 Å². The Morgan fingerprint density at radius 3 is 2.88 bits per heavy atom. The molecule has 128 valence electrons. The third-order valence-electron chi connectivity index (χ3n) is 4.09. The van der Waals surface area contributed by atoms with Gasteiger partial charge < -0.3 is 15.4 Å². The van der Waals surface area contributed by atoms with Crippen LogP contribution in [0.2, 0.25) is 0 Å². The molecule has 2 aliphatic rings. The van der Waals surface area contributed by atoms with Crippen LogP contribution in [-0.4, -0.2) is 44.4 Å². The van der Waals surface area contributed by atoms with Crippen LogP contribution in [0.4, 0.5) is 0 Å². The molecule has 0 saturated carbocycles. The van der Waals surface area contributed by atoms with Gasteiger partial charge in [0.05, 0.1) is 12.6 Å². The number of nitrogens with zero attached hydrogens (tertiary/aromatic N) is 2. The molecule has 0 bridgehead atoms. The van der Waals surface area contributed by atoms with Gasteiger partial charge in [-0.2, -0.15) is 0 Å². The predicted molar refractivity (Wildman–Crippen MR) is 98.6 cm³/mol. The Morgan fingerprint density at radius 1 is 1.17 bits per heavy atom. The van der Waals surface area contributed by atoms with E-state index >= 15 is 0 Å². The maximum absolute atomic E-state index is 5.46. The highest BCUT2D eigenvalue weighted by molar-refractivity contribution is 5.91. The van der Waals surface area contributed by atoms with E-state index in [0.717, 1.165) is 63.6 Å². The highest BCUT2D eigenvalue weighted by Gasteiger charge is 2.16. The van der Waals surface area contributed by atoms with Gasteiger partial charge in [0.15, 0.2) is 0 Å². The Labute approximate surface area is 143 Å². The second-order valence-corrected chi connectivity index (χ2v) is 6.12. The first-order valence-corrected chi connectivity index (χ1v) is 8.79. The minimum absolute atomic E-state index is 0.347. The van der Waals surface area contributed by atoms with Gasteiger partial charge >= 0.3 is 0 Å². The summed E-state index contributed by atoms with van der Waals surface area (Å²) in [6.07, 6.45) is 7.78. The summed E-state index contributed by atoms with van der Waals surface area (Å²) in [6.45, 7) is 3.49. The van der Waals surface area contributed by atoms with Gasteiger partial charge in [-0.1, -0.05) is 30.3 Å². The minimum Gasteiger partial charge on any atom is -0.379 e. The molecule has 1 atom stereocenters. The van der Waals surface area contributed by atoms with Crippen molar-refractivity contribution in [3.05, 3.63) is 47.8 Å². The highest BCUT2D eigenvalue weighted by atomic mass is 16.5. The van der Waals surface area contributed by atoms with Gasteiger partial charge in [-0.05, 0) is 37.4 Å². The fourth-order valence-electron chi connectivity index (χ4n) is 2.80. The van der Waals surface area contributed by atoms with Crippen LogP contribution in [0, 0.1) is 0 Å². The molecule has 0 aromatic heterocycles. The van der Waals surface area contributed by atoms with Crippen LogP contribution in [0.15, 0.2) is 52.2 Å². The van der Waals surface area contributed by atoms with E-state index in [2.05, 4.69) is 46.0 Å². The van der Waals surface area contributed by atoms with Crippen LogP contribution < -0.4 is 10.6 Å². The van der Waals surface area contributed by atoms with Crippen LogP contribution in [-0.2, 0) is 11.2 Å². The molecular weight excluding hydrogens is 300 g/mol. The van der Waals surface area contributed by atoms with E-state index in [4.69, 9.17) is 9.73 Å². The Kier molecular flexibility index (Phi) is 6.57. The van der Waals surface area contributed by atoms with E-state index in [0.29, 0.717) is 6.04 Å². The minimum atomic E-state index is 0.347. The lowest BCUT2D eigenvalue weighted by molar-refractivity contribution is 0.191. The first kappa shape index (κ1) is 16.9. The maximum atomic E-state index is 5.46. The third-order valence-corrected chi connectivity index (χ3v) is 4.09. The van der Waals surface area contributed by atoms with Crippen molar-refractivity contribution in [2.24, 2.45) is 9.98 Å². The van der Waals surface area contributed by atoms with Crippen LogP contribution in [0.3, 0.4) is 0 Å². The lowest BCUT2D eigenvalue weighted by Gasteiger charge is -2.13. The topological polar surface area (TPSA) is 58.0 Å². The van der Waals surface area contributed by atoms with Crippen LogP contribution in [0.5, 0.6) is 0 Å². The average molecular weight is 326 g/mol. The Morgan fingerprint density at radius 2 is 2.04 bits per heavy atom. The molecule has 5 nitrogen and oxygen atoms in total. The monoisotopic (exact) mass is 326 g/mol. The largest absolute Gasteiger partial charge is 0.379 e. The van der Waals surface area contributed by atoms with Gasteiger partial charge in [0, 0.05) is 25.8 Å². The number of benzene rings is 1. The highest BCUT2D eigenvalue weighted by Crippen LogP contribution is 2.10. The van der Waals surface area contributed by atoms with Gasteiger partial charge in [-0.25, -0.2) is 9.98 Å². The molecular formula is C19H26N4O. The number of nitrogens with one attached hydrogen (secondary N) is 2. The number of ether oxygens (including phenoxy) is 1. The molecule has 0 amide bonds. The van der Waals surface area contributed by atoms with Gasteiger partial charge in [0.1, 0.15) is 11.7 Å². The molecule has 0 spiro atoms. The quantitative estimate of drug-likeness (QED) is 0.893. The lowest BCUT2D eigenvalue weighted by Crippen LogP contribution is -2.28. The van der Waals surface area contributed by atoms with Gasteiger partial charge in [-0.15, -0.1) is 0 Å². The van der Waals surface area contributed by atoms with Crippen molar-refractivity contribution in [1.29, 1.82) is 0 Å². The number of hydrogen-bond acceptors (Lipinski definition) is 5. The zero-order chi connectivity index (χ0) is 16.5. The Balaban J connectivity index is 1.78. The van der Waals surface area contributed by atoms with Gasteiger partial charge in [0.2, 0.25) is 0 Å². The van der Waals surface area contributed by atoms with Gasteiger partial charge in [0.25, 0.3) is 0 Å². The van der Waals surface area contributed by atoms with E-state index in [1.807, 2.05) is 12.3 Å². The molecule has 1 fully saturated rings. The van der Waals surface area contributed by atoms with Crippen molar-refractivity contribution >= 4 is 12.1 Å². The second kappa shape index (κ2) is 9.35. The molecule has 0 aliphatic carbocycles. The predicted octanol–water partition coefficient (Wildman–Crippen LogP) is 2.30. The fraction of sp³-hybridized carbons (Fsp3) is 0.474. The lowest BCUT2D eigenvalue weighted by atomic mass is 10.1. The smallest absolute Gasteiger partial charge is 0.134 e. The van der Waals surface area contributed by atoms with E-state index in [1.165, 1.54) is 5.56 Å².